The van der Waals surface area contributed by atoms with Gasteiger partial charge in [-0.3, -0.25) is 0 Å². The molecule has 0 radical (unpaired) electrons. The highest BCUT2D eigenvalue weighted by atomic mass is 127. The lowest BCUT2D eigenvalue weighted by atomic mass is 9.60. The second kappa shape index (κ2) is 7.73. The fourth-order valence-electron chi connectivity index (χ4n) is 4.76. The van der Waals surface area contributed by atoms with Gasteiger partial charge in [-0.1, -0.05) is 5.16 Å². The number of hydrogen-bond acceptors (Lipinski definition) is 7. The zero-order valence-corrected chi connectivity index (χ0v) is 19.4. The molecule has 0 atom stereocenters. The van der Waals surface area contributed by atoms with E-state index < -0.39 is 0 Å². The number of anilines is 1. The van der Waals surface area contributed by atoms with Crippen molar-refractivity contribution in [2.24, 2.45) is 5.41 Å². The fourth-order valence-corrected chi connectivity index (χ4v) is 5.23. The van der Waals surface area contributed by atoms with Crippen molar-refractivity contribution in [1.82, 2.24) is 20.4 Å². The maximum Gasteiger partial charge on any atom is 0.407 e. The maximum atomic E-state index is 11.4. The second-order valence-electron chi connectivity index (χ2n) is 8.22. The number of rotatable bonds is 3. The van der Waals surface area contributed by atoms with Crippen molar-refractivity contribution in [3.8, 4) is 11.3 Å². The van der Waals surface area contributed by atoms with Crippen LogP contribution in [0.3, 0.4) is 0 Å². The van der Waals surface area contributed by atoms with Gasteiger partial charge in [-0.25, -0.2) is 14.8 Å². The molecule has 8 nitrogen and oxygen atoms in total. The summed E-state index contributed by atoms with van der Waals surface area (Å²) in [5.41, 5.74) is 4.12. The molecule has 3 heterocycles. The van der Waals surface area contributed by atoms with E-state index >= 15 is 0 Å². The number of ether oxygens (including phenoxy) is 1. The molecule has 2 fully saturated rings. The SMILES string of the molecule is COC(=O)NC1CC2(CCN(c3nc(I)nc(-c4c(C)noc4C)c3C)CC2)C1. The predicted molar refractivity (Wildman–Crippen MR) is 117 cm³/mol. The molecule has 1 saturated heterocycles. The van der Waals surface area contributed by atoms with E-state index in [1.165, 1.54) is 7.11 Å². The molecule has 1 N–H and O–H groups in total. The van der Waals surface area contributed by atoms with Crippen molar-refractivity contribution in [2.75, 3.05) is 25.1 Å². The molecule has 0 aromatic carbocycles. The van der Waals surface area contributed by atoms with Crippen LogP contribution in [-0.2, 0) is 4.74 Å². The number of nitrogens with one attached hydrogen (secondary N) is 1. The standard InChI is InChI=1S/C20H26IN5O3/c1-11-16(15-12(2)25-29-13(15)3)23-18(21)24-17(11)26-7-5-20(6-8-26)9-14(10-20)22-19(27)28-4/h14H,5-10H2,1-4H3,(H,22,27). The molecule has 2 aromatic heterocycles. The molecule has 1 spiro atoms. The van der Waals surface area contributed by atoms with Crippen molar-refractivity contribution >= 4 is 34.5 Å². The van der Waals surface area contributed by atoms with Crippen LogP contribution in [-0.4, -0.2) is 47.5 Å². The molecule has 9 heteroatoms. The van der Waals surface area contributed by atoms with E-state index in [0.717, 1.165) is 76.7 Å². The third kappa shape index (κ3) is 3.80. The summed E-state index contributed by atoms with van der Waals surface area (Å²) >= 11 is 2.18. The van der Waals surface area contributed by atoms with Crippen LogP contribution in [0.2, 0.25) is 0 Å². The normalized spacial score (nSPS) is 18.6. The molecule has 2 aliphatic rings. The molecule has 1 saturated carbocycles. The molecule has 1 amide bonds. The molecule has 4 rings (SSSR count). The Bertz CT molecular complexity index is 909. The minimum atomic E-state index is -0.333. The lowest BCUT2D eigenvalue weighted by Gasteiger charge is -2.52. The average Bonchev–Trinajstić information content (AvgIpc) is 3.01. The zero-order valence-electron chi connectivity index (χ0n) is 17.2. The highest BCUT2D eigenvalue weighted by Gasteiger charge is 2.46. The van der Waals surface area contributed by atoms with Gasteiger partial charge in [0.15, 0.2) is 3.83 Å². The van der Waals surface area contributed by atoms with E-state index in [4.69, 9.17) is 19.2 Å². The van der Waals surface area contributed by atoms with E-state index in [2.05, 4.69) is 44.9 Å². The Morgan fingerprint density at radius 2 is 1.93 bits per heavy atom. The average molecular weight is 511 g/mol. The number of carbonyl (C=O) groups is 1. The summed E-state index contributed by atoms with van der Waals surface area (Å²) in [6.45, 7) is 7.86. The van der Waals surface area contributed by atoms with Crippen LogP contribution < -0.4 is 10.2 Å². The first-order chi connectivity index (χ1) is 13.8. The van der Waals surface area contributed by atoms with Crippen LogP contribution in [0.4, 0.5) is 10.6 Å². The van der Waals surface area contributed by atoms with Crippen LogP contribution in [0, 0.1) is 30.0 Å². The predicted octanol–water partition coefficient (Wildman–Crippen LogP) is 3.77. The Balaban J connectivity index is 1.49. The lowest BCUT2D eigenvalue weighted by molar-refractivity contribution is 0.0507. The molecule has 0 bridgehead atoms. The van der Waals surface area contributed by atoms with Crippen LogP contribution in [0.5, 0.6) is 0 Å². The van der Waals surface area contributed by atoms with Gasteiger partial charge in [-0.05, 0) is 51.9 Å². The van der Waals surface area contributed by atoms with Crippen molar-refractivity contribution < 1.29 is 14.1 Å². The summed E-state index contributed by atoms with van der Waals surface area (Å²) in [4.78, 5) is 23.2. The van der Waals surface area contributed by atoms with Gasteiger partial charge in [0.1, 0.15) is 11.6 Å². The molecule has 2 aromatic rings. The van der Waals surface area contributed by atoms with Gasteiger partial charge in [0, 0.05) is 47.3 Å². The molecule has 0 unspecified atom stereocenters. The first-order valence-corrected chi connectivity index (χ1v) is 11.0. The van der Waals surface area contributed by atoms with Crippen LogP contribution >= 0.6 is 22.6 Å². The highest BCUT2D eigenvalue weighted by Crippen LogP contribution is 2.49. The number of halogens is 1. The van der Waals surface area contributed by atoms with Crippen LogP contribution in [0.15, 0.2) is 4.52 Å². The Morgan fingerprint density at radius 3 is 2.52 bits per heavy atom. The fraction of sp³-hybridized carbons (Fsp3) is 0.600. The molecule has 1 aliphatic carbocycles. The molecule has 156 valence electrons. The molecule has 1 aliphatic heterocycles. The van der Waals surface area contributed by atoms with Crippen LogP contribution in [0.1, 0.15) is 42.7 Å². The number of hydrogen-bond donors (Lipinski definition) is 1. The minimum absolute atomic E-state index is 0.238. The molecular weight excluding hydrogens is 485 g/mol. The highest BCUT2D eigenvalue weighted by molar-refractivity contribution is 14.1. The van der Waals surface area contributed by atoms with Crippen LogP contribution in [0.25, 0.3) is 11.3 Å². The Labute approximate surface area is 183 Å². The summed E-state index contributed by atoms with van der Waals surface area (Å²) in [6, 6.07) is 0.238. The summed E-state index contributed by atoms with van der Waals surface area (Å²) in [7, 11) is 1.41. The van der Waals surface area contributed by atoms with Gasteiger partial charge in [-0.15, -0.1) is 0 Å². The van der Waals surface area contributed by atoms with Gasteiger partial charge in [0.25, 0.3) is 0 Å². The van der Waals surface area contributed by atoms with E-state index in [0.29, 0.717) is 5.41 Å². The van der Waals surface area contributed by atoms with E-state index in [1.807, 2.05) is 13.8 Å². The topological polar surface area (TPSA) is 93.4 Å². The number of aryl methyl sites for hydroxylation is 2. The van der Waals surface area contributed by atoms with Gasteiger partial charge < -0.3 is 19.5 Å². The Hall–Kier alpha value is -1.91. The van der Waals surface area contributed by atoms with E-state index in [-0.39, 0.29) is 12.1 Å². The monoisotopic (exact) mass is 511 g/mol. The number of methoxy groups -OCH3 is 1. The number of nitrogens with zero attached hydrogens (tertiary/aromatic N) is 4. The smallest absolute Gasteiger partial charge is 0.407 e. The Kier molecular flexibility index (Phi) is 5.43. The zero-order chi connectivity index (χ0) is 20.8. The third-order valence-electron chi connectivity index (χ3n) is 6.35. The molecular formula is C20H26IN5O3. The first-order valence-electron chi connectivity index (χ1n) is 9.89. The number of carbonyl (C=O) groups excluding carboxylic acids is 1. The summed E-state index contributed by atoms with van der Waals surface area (Å²) in [5.74, 6) is 1.78. The third-order valence-corrected chi connectivity index (χ3v) is 6.84. The number of piperidine rings is 1. The molecule has 29 heavy (non-hydrogen) atoms. The van der Waals surface area contributed by atoms with Gasteiger partial charge in [0.2, 0.25) is 0 Å². The van der Waals surface area contributed by atoms with Crippen molar-refractivity contribution in [3.05, 3.63) is 20.8 Å². The van der Waals surface area contributed by atoms with Crippen molar-refractivity contribution in [3.63, 3.8) is 0 Å². The number of amides is 1. The number of aromatic nitrogens is 3. The minimum Gasteiger partial charge on any atom is -0.453 e. The van der Waals surface area contributed by atoms with E-state index in [1.54, 1.807) is 0 Å². The lowest BCUT2D eigenvalue weighted by Crippen LogP contribution is -2.55. The summed E-state index contributed by atoms with van der Waals surface area (Å²) in [5, 5.41) is 7.01. The second-order valence-corrected chi connectivity index (χ2v) is 9.18. The summed E-state index contributed by atoms with van der Waals surface area (Å²) in [6.07, 6.45) is 3.93. The van der Waals surface area contributed by atoms with E-state index in [9.17, 15) is 4.79 Å². The van der Waals surface area contributed by atoms with Gasteiger partial charge in [0.05, 0.1) is 24.1 Å². The quantitative estimate of drug-likeness (QED) is 0.496. The largest absolute Gasteiger partial charge is 0.453 e. The maximum absolute atomic E-state index is 11.4. The van der Waals surface area contributed by atoms with Crippen molar-refractivity contribution in [1.29, 1.82) is 0 Å². The Morgan fingerprint density at radius 1 is 1.24 bits per heavy atom. The van der Waals surface area contributed by atoms with Gasteiger partial charge >= 0.3 is 6.09 Å². The first kappa shape index (κ1) is 20.4. The number of alkyl carbamates (subject to hydrolysis) is 1. The summed E-state index contributed by atoms with van der Waals surface area (Å²) < 4.78 is 10.8. The van der Waals surface area contributed by atoms with Gasteiger partial charge in [-0.2, -0.15) is 0 Å². The van der Waals surface area contributed by atoms with Crippen molar-refractivity contribution in [2.45, 2.75) is 52.5 Å².